The van der Waals surface area contributed by atoms with E-state index >= 15 is 0 Å². The number of hydrogen-bond acceptors (Lipinski definition) is 3. The third kappa shape index (κ3) is 6.60. The van der Waals surface area contributed by atoms with Gasteiger partial charge in [-0.3, -0.25) is 9.59 Å². The lowest BCUT2D eigenvalue weighted by atomic mass is 10.0. The Kier molecular flexibility index (Phi) is 6.64. The largest absolute Gasteiger partial charge is 0.481 e. The highest BCUT2D eigenvalue weighted by molar-refractivity contribution is 5.90. The number of benzene rings is 1. The van der Waals surface area contributed by atoms with Crippen molar-refractivity contribution < 1.29 is 19.4 Å². The van der Waals surface area contributed by atoms with Gasteiger partial charge in [-0.25, -0.2) is 0 Å². The third-order valence-electron chi connectivity index (χ3n) is 2.80. The monoisotopic (exact) mass is 264 g/mol. The minimum absolute atomic E-state index is 0.197. The van der Waals surface area contributed by atoms with Crippen molar-refractivity contribution in [3.05, 3.63) is 35.9 Å². The molecule has 0 saturated heterocycles. The molecule has 1 N–H and O–H groups in total. The van der Waals surface area contributed by atoms with Crippen LogP contribution >= 0.6 is 0 Å². The lowest BCUT2D eigenvalue weighted by Gasteiger charge is -2.16. The van der Waals surface area contributed by atoms with Gasteiger partial charge >= 0.3 is 11.9 Å². The summed E-state index contributed by atoms with van der Waals surface area (Å²) in [5.74, 6) is -1.80. The topological polar surface area (TPSA) is 63.6 Å². The number of carboxylic acid groups (broad SMARTS) is 1. The van der Waals surface area contributed by atoms with Gasteiger partial charge in [0.2, 0.25) is 0 Å². The first-order valence-electron chi connectivity index (χ1n) is 6.57. The van der Waals surface area contributed by atoms with Gasteiger partial charge in [-0.05, 0) is 24.8 Å². The molecular weight excluding hydrogens is 244 g/mol. The van der Waals surface area contributed by atoms with Crippen LogP contribution in [0.25, 0.3) is 0 Å². The van der Waals surface area contributed by atoms with E-state index in [1.54, 1.807) is 0 Å². The number of esters is 1. The van der Waals surface area contributed by atoms with Crippen LogP contribution in [0.3, 0.4) is 0 Å². The Morgan fingerprint density at radius 2 is 1.89 bits per heavy atom. The number of hydrogen-bond donors (Lipinski definition) is 1. The molecule has 4 heteroatoms. The maximum Gasteiger partial charge on any atom is 0.317 e. The Morgan fingerprint density at radius 3 is 2.47 bits per heavy atom. The van der Waals surface area contributed by atoms with Crippen LogP contribution in [0.4, 0.5) is 0 Å². The van der Waals surface area contributed by atoms with E-state index < -0.39 is 18.4 Å². The maximum absolute atomic E-state index is 11.3. The van der Waals surface area contributed by atoms with Gasteiger partial charge < -0.3 is 9.84 Å². The predicted molar refractivity (Wildman–Crippen MR) is 71.8 cm³/mol. The summed E-state index contributed by atoms with van der Waals surface area (Å²) in [7, 11) is 0. The number of carbonyl (C=O) groups is 2. The number of rotatable bonds is 8. The van der Waals surface area contributed by atoms with Crippen LogP contribution in [0.15, 0.2) is 30.3 Å². The molecule has 0 spiro atoms. The van der Waals surface area contributed by atoms with E-state index in [2.05, 4.69) is 0 Å². The van der Waals surface area contributed by atoms with Crippen LogP contribution in [-0.4, -0.2) is 23.1 Å². The van der Waals surface area contributed by atoms with Crippen molar-refractivity contribution >= 4 is 11.9 Å². The van der Waals surface area contributed by atoms with Gasteiger partial charge in [0, 0.05) is 0 Å². The van der Waals surface area contributed by atoms with E-state index in [-0.39, 0.29) is 6.10 Å². The second kappa shape index (κ2) is 8.29. The molecule has 0 saturated carbocycles. The molecule has 0 radical (unpaired) electrons. The fraction of sp³-hybridized carbons (Fsp3) is 0.467. The van der Waals surface area contributed by atoms with Gasteiger partial charge in [0.25, 0.3) is 0 Å². The van der Waals surface area contributed by atoms with Crippen molar-refractivity contribution in [2.24, 2.45) is 0 Å². The van der Waals surface area contributed by atoms with Gasteiger partial charge in [0.05, 0.1) is 0 Å². The van der Waals surface area contributed by atoms with Crippen molar-refractivity contribution in [2.75, 3.05) is 0 Å². The quantitative estimate of drug-likeness (QED) is 0.579. The maximum atomic E-state index is 11.3. The highest BCUT2D eigenvalue weighted by atomic mass is 16.5. The van der Waals surface area contributed by atoms with Crippen LogP contribution in [0.1, 0.15) is 38.2 Å². The molecule has 0 aromatic heterocycles. The standard InChI is InChI=1S/C15H20O4/c1-2-6-13(19-15(18)11-14(16)17)10-9-12-7-4-3-5-8-12/h3-5,7-8,13H,2,6,9-11H2,1H3,(H,16,17). The fourth-order valence-corrected chi connectivity index (χ4v) is 1.91. The molecule has 104 valence electrons. The van der Waals surface area contributed by atoms with Gasteiger partial charge in [-0.15, -0.1) is 0 Å². The molecule has 0 aliphatic rings. The summed E-state index contributed by atoms with van der Waals surface area (Å²) in [6, 6.07) is 9.96. The second-order valence-electron chi connectivity index (χ2n) is 4.50. The fourth-order valence-electron chi connectivity index (χ4n) is 1.91. The summed E-state index contributed by atoms with van der Waals surface area (Å²) in [5, 5.41) is 8.53. The zero-order valence-electron chi connectivity index (χ0n) is 11.2. The highest BCUT2D eigenvalue weighted by Crippen LogP contribution is 2.12. The normalized spacial score (nSPS) is 11.8. The summed E-state index contributed by atoms with van der Waals surface area (Å²) in [5.41, 5.74) is 1.19. The zero-order chi connectivity index (χ0) is 14.1. The van der Waals surface area contributed by atoms with Crippen LogP contribution in [0.2, 0.25) is 0 Å². The molecule has 1 rings (SSSR count). The summed E-state index contributed by atoms with van der Waals surface area (Å²) >= 11 is 0. The van der Waals surface area contributed by atoms with Crippen molar-refractivity contribution in [2.45, 2.75) is 45.1 Å². The average Bonchev–Trinajstić information content (AvgIpc) is 2.36. The molecule has 0 aliphatic heterocycles. The molecule has 0 heterocycles. The van der Waals surface area contributed by atoms with E-state index in [0.717, 1.165) is 25.7 Å². The highest BCUT2D eigenvalue weighted by Gasteiger charge is 2.16. The number of carboxylic acids is 1. The Morgan fingerprint density at radius 1 is 1.21 bits per heavy atom. The minimum atomic E-state index is -1.15. The average molecular weight is 264 g/mol. The van der Waals surface area contributed by atoms with Crippen LogP contribution in [-0.2, 0) is 20.7 Å². The SMILES string of the molecule is CCCC(CCc1ccccc1)OC(=O)CC(=O)O. The smallest absolute Gasteiger partial charge is 0.317 e. The molecule has 0 aliphatic carbocycles. The Bertz CT molecular complexity index is 400. The lowest BCUT2D eigenvalue weighted by molar-refractivity contribution is -0.155. The summed E-state index contributed by atoms with van der Waals surface area (Å²) in [4.78, 5) is 21.8. The molecule has 19 heavy (non-hydrogen) atoms. The Balaban J connectivity index is 2.44. The van der Waals surface area contributed by atoms with Crippen LogP contribution in [0.5, 0.6) is 0 Å². The summed E-state index contributed by atoms with van der Waals surface area (Å²) in [6.45, 7) is 2.01. The summed E-state index contributed by atoms with van der Waals surface area (Å²) in [6.07, 6.45) is 2.45. The number of aryl methyl sites for hydroxylation is 1. The first kappa shape index (κ1) is 15.2. The summed E-state index contributed by atoms with van der Waals surface area (Å²) < 4.78 is 5.20. The Labute approximate surface area is 113 Å². The van der Waals surface area contributed by atoms with Gasteiger partial charge in [-0.1, -0.05) is 43.7 Å². The molecule has 1 atom stereocenters. The Hall–Kier alpha value is -1.84. The first-order valence-corrected chi connectivity index (χ1v) is 6.57. The van der Waals surface area contributed by atoms with Crippen LogP contribution < -0.4 is 0 Å². The molecule has 0 fully saturated rings. The van der Waals surface area contributed by atoms with Gasteiger partial charge in [0.1, 0.15) is 12.5 Å². The van der Waals surface area contributed by atoms with Crippen LogP contribution in [0, 0.1) is 0 Å². The van der Waals surface area contributed by atoms with E-state index in [4.69, 9.17) is 9.84 Å². The van der Waals surface area contributed by atoms with Crippen molar-refractivity contribution in [3.8, 4) is 0 Å². The third-order valence-corrected chi connectivity index (χ3v) is 2.80. The van der Waals surface area contributed by atoms with Crippen molar-refractivity contribution in [1.82, 2.24) is 0 Å². The predicted octanol–water partition coefficient (Wildman–Crippen LogP) is 2.81. The van der Waals surface area contributed by atoms with Gasteiger partial charge in [0.15, 0.2) is 0 Å². The zero-order valence-corrected chi connectivity index (χ0v) is 11.2. The number of ether oxygens (including phenoxy) is 1. The molecule has 1 aromatic carbocycles. The molecule has 0 bridgehead atoms. The lowest BCUT2D eigenvalue weighted by Crippen LogP contribution is -2.20. The van der Waals surface area contributed by atoms with E-state index in [1.807, 2.05) is 37.3 Å². The van der Waals surface area contributed by atoms with E-state index in [1.165, 1.54) is 5.56 Å². The minimum Gasteiger partial charge on any atom is -0.481 e. The molecule has 4 nitrogen and oxygen atoms in total. The molecular formula is C15H20O4. The second-order valence-corrected chi connectivity index (χ2v) is 4.50. The van der Waals surface area contributed by atoms with Crippen molar-refractivity contribution in [3.63, 3.8) is 0 Å². The first-order chi connectivity index (χ1) is 9.11. The molecule has 1 aromatic rings. The number of aliphatic carboxylic acids is 1. The van der Waals surface area contributed by atoms with Crippen molar-refractivity contribution in [1.29, 1.82) is 0 Å². The van der Waals surface area contributed by atoms with Gasteiger partial charge in [-0.2, -0.15) is 0 Å². The molecule has 1 unspecified atom stereocenters. The van der Waals surface area contributed by atoms with E-state index in [9.17, 15) is 9.59 Å². The van der Waals surface area contributed by atoms with E-state index in [0.29, 0.717) is 0 Å². The number of carbonyl (C=O) groups excluding carboxylic acids is 1. The molecule has 0 amide bonds.